The highest BCUT2D eigenvalue weighted by atomic mass is 32.2. The lowest BCUT2D eigenvalue weighted by Gasteiger charge is -2.30. The van der Waals surface area contributed by atoms with E-state index in [0.29, 0.717) is 11.7 Å². The maximum Gasteiger partial charge on any atom is 0.154 e. The van der Waals surface area contributed by atoms with E-state index in [-0.39, 0.29) is 16.7 Å². The van der Waals surface area contributed by atoms with Crippen molar-refractivity contribution < 1.29 is 8.42 Å². The zero-order valence-corrected chi connectivity index (χ0v) is 12.6. The molecule has 0 aromatic heterocycles. The number of nitrogens with one attached hydrogen (secondary N) is 1. The van der Waals surface area contributed by atoms with E-state index in [9.17, 15) is 8.42 Å². The quantitative estimate of drug-likeness (QED) is 0.825. The van der Waals surface area contributed by atoms with Gasteiger partial charge in [0.15, 0.2) is 9.84 Å². The summed E-state index contributed by atoms with van der Waals surface area (Å²) in [5.74, 6) is 0.788. The van der Waals surface area contributed by atoms with Gasteiger partial charge in [0, 0.05) is 6.04 Å². The Bertz CT molecular complexity index is 346. The van der Waals surface area contributed by atoms with E-state index >= 15 is 0 Å². The summed E-state index contributed by atoms with van der Waals surface area (Å²) in [5.41, 5.74) is 0.0876. The van der Waals surface area contributed by atoms with Gasteiger partial charge in [-0.1, -0.05) is 27.7 Å². The van der Waals surface area contributed by atoms with Gasteiger partial charge in [0.2, 0.25) is 0 Å². The van der Waals surface area contributed by atoms with Gasteiger partial charge >= 0.3 is 0 Å². The van der Waals surface area contributed by atoms with Crippen molar-refractivity contribution in [3.8, 4) is 0 Å². The van der Waals surface area contributed by atoms with Crippen LogP contribution in [-0.2, 0) is 9.84 Å². The molecule has 0 radical (unpaired) electrons. The summed E-state index contributed by atoms with van der Waals surface area (Å²) in [7, 11) is -1.07. The molecule has 0 bridgehead atoms. The van der Waals surface area contributed by atoms with Gasteiger partial charge in [-0.2, -0.15) is 0 Å². The molecule has 0 aliphatic heterocycles. The average Bonchev–Trinajstić information content (AvgIpc) is 2.51. The van der Waals surface area contributed by atoms with Crippen molar-refractivity contribution in [3.05, 3.63) is 0 Å². The minimum atomic E-state index is -2.95. The molecular formula is C13H27NO2S. The molecule has 0 heterocycles. The van der Waals surface area contributed by atoms with Crippen LogP contribution >= 0.6 is 0 Å². The Kier molecular flexibility index (Phi) is 4.64. The molecule has 1 aliphatic carbocycles. The van der Waals surface area contributed by atoms with Crippen molar-refractivity contribution in [1.29, 1.82) is 0 Å². The monoisotopic (exact) mass is 261 g/mol. The summed E-state index contributed by atoms with van der Waals surface area (Å²) in [6, 6.07) is 0.0969. The van der Waals surface area contributed by atoms with Gasteiger partial charge in [-0.3, -0.25) is 0 Å². The molecule has 17 heavy (non-hydrogen) atoms. The van der Waals surface area contributed by atoms with Crippen LogP contribution in [0.15, 0.2) is 0 Å². The first-order valence-electron chi connectivity index (χ1n) is 6.59. The third-order valence-corrected chi connectivity index (χ3v) is 6.27. The van der Waals surface area contributed by atoms with Crippen LogP contribution in [0, 0.1) is 11.3 Å². The summed E-state index contributed by atoms with van der Waals surface area (Å²) in [6.45, 7) is 8.46. The Morgan fingerprint density at radius 2 is 1.94 bits per heavy atom. The van der Waals surface area contributed by atoms with Crippen molar-refractivity contribution >= 4 is 9.84 Å². The number of hydrogen-bond acceptors (Lipinski definition) is 3. The van der Waals surface area contributed by atoms with Gasteiger partial charge in [0.25, 0.3) is 0 Å². The molecule has 3 nitrogen and oxygen atoms in total. The number of rotatable bonds is 5. The van der Waals surface area contributed by atoms with Gasteiger partial charge < -0.3 is 5.32 Å². The zero-order chi connectivity index (χ0) is 13.3. The lowest BCUT2D eigenvalue weighted by atomic mass is 9.87. The first kappa shape index (κ1) is 15.0. The second-order valence-corrected chi connectivity index (χ2v) is 8.72. The third kappa shape index (κ3) is 3.44. The fourth-order valence-electron chi connectivity index (χ4n) is 2.85. The van der Waals surface area contributed by atoms with Crippen LogP contribution in [0.5, 0.6) is 0 Å². The van der Waals surface area contributed by atoms with Gasteiger partial charge in [0.05, 0.1) is 11.0 Å². The minimum absolute atomic E-state index is 0.0876. The number of hydrogen-bond donors (Lipinski definition) is 1. The van der Waals surface area contributed by atoms with E-state index in [0.717, 1.165) is 19.3 Å². The van der Waals surface area contributed by atoms with Crippen LogP contribution in [0.2, 0.25) is 0 Å². The fourth-order valence-corrected chi connectivity index (χ4v) is 5.35. The summed E-state index contributed by atoms with van der Waals surface area (Å²) in [5, 5.41) is 3.03. The molecule has 1 rings (SSSR count). The second kappa shape index (κ2) is 5.27. The molecule has 4 heteroatoms. The van der Waals surface area contributed by atoms with Crippen LogP contribution in [0.4, 0.5) is 0 Å². The van der Waals surface area contributed by atoms with E-state index < -0.39 is 9.84 Å². The lowest BCUT2D eigenvalue weighted by Crippen LogP contribution is -2.46. The summed E-state index contributed by atoms with van der Waals surface area (Å²) >= 11 is 0. The number of sulfone groups is 1. The van der Waals surface area contributed by atoms with Gasteiger partial charge in [-0.25, -0.2) is 8.42 Å². The second-order valence-electron chi connectivity index (χ2n) is 6.38. The van der Waals surface area contributed by atoms with Crippen LogP contribution in [0.3, 0.4) is 0 Å². The standard InChI is InChI=1S/C13H27NO2S/c1-10(2)7-9-17(15,16)11-6-8-13(3,4)12(11)14-5/h10-12,14H,6-9H2,1-5H3. The van der Waals surface area contributed by atoms with Crippen LogP contribution in [-0.4, -0.2) is 32.5 Å². The van der Waals surface area contributed by atoms with Gasteiger partial charge in [0.1, 0.15) is 0 Å². The van der Waals surface area contributed by atoms with Gasteiger partial charge in [-0.05, 0) is 37.6 Å². The maximum absolute atomic E-state index is 12.4. The summed E-state index contributed by atoms with van der Waals surface area (Å²) in [4.78, 5) is 0. The molecule has 1 fully saturated rings. The van der Waals surface area contributed by atoms with E-state index in [1.54, 1.807) is 0 Å². The Morgan fingerprint density at radius 1 is 1.35 bits per heavy atom. The Labute approximate surface area is 106 Å². The topological polar surface area (TPSA) is 46.2 Å². The molecule has 0 aromatic rings. The highest BCUT2D eigenvalue weighted by Crippen LogP contribution is 2.40. The zero-order valence-electron chi connectivity index (χ0n) is 11.8. The first-order valence-corrected chi connectivity index (χ1v) is 8.31. The minimum Gasteiger partial charge on any atom is -0.315 e. The van der Waals surface area contributed by atoms with E-state index in [1.165, 1.54) is 0 Å². The first-order chi connectivity index (χ1) is 7.70. The van der Waals surface area contributed by atoms with E-state index in [2.05, 4.69) is 33.0 Å². The SMILES string of the molecule is CNC1C(S(=O)(=O)CCC(C)C)CCC1(C)C. The molecule has 1 aliphatic rings. The average molecular weight is 261 g/mol. The molecule has 2 unspecified atom stereocenters. The van der Waals surface area contributed by atoms with E-state index in [4.69, 9.17) is 0 Å². The molecule has 102 valence electrons. The fraction of sp³-hybridized carbons (Fsp3) is 1.00. The smallest absolute Gasteiger partial charge is 0.154 e. The van der Waals surface area contributed by atoms with Crippen molar-refractivity contribution in [1.82, 2.24) is 5.32 Å². The van der Waals surface area contributed by atoms with Crippen LogP contribution in [0.1, 0.15) is 47.0 Å². The van der Waals surface area contributed by atoms with Crippen molar-refractivity contribution in [2.75, 3.05) is 12.8 Å². The molecule has 0 spiro atoms. The molecule has 0 aromatic carbocycles. The lowest BCUT2D eigenvalue weighted by molar-refractivity contribution is 0.297. The van der Waals surface area contributed by atoms with Crippen molar-refractivity contribution in [2.45, 2.75) is 58.2 Å². The molecular weight excluding hydrogens is 234 g/mol. The molecule has 0 saturated heterocycles. The normalized spacial score (nSPS) is 28.8. The predicted octanol–water partition coefficient (Wildman–Crippen LogP) is 2.22. The van der Waals surface area contributed by atoms with Crippen molar-refractivity contribution in [2.24, 2.45) is 11.3 Å². The summed E-state index contributed by atoms with van der Waals surface area (Å²) in [6.07, 6.45) is 2.57. The molecule has 0 amide bonds. The highest BCUT2D eigenvalue weighted by Gasteiger charge is 2.46. The summed E-state index contributed by atoms with van der Waals surface area (Å²) < 4.78 is 24.7. The van der Waals surface area contributed by atoms with Crippen LogP contribution in [0.25, 0.3) is 0 Å². The third-order valence-electron chi connectivity index (χ3n) is 4.04. The van der Waals surface area contributed by atoms with E-state index in [1.807, 2.05) is 7.05 Å². The highest BCUT2D eigenvalue weighted by molar-refractivity contribution is 7.92. The molecule has 2 atom stereocenters. The Hall–Kier alpha value is -0.0900. The Balaban J connectivity index is 2.79. The van der Waals surface area contributed by atoms with Crippen LogP contribution < -0.4 is 5.32 Å². The largest absolute Gasteiger partial charge is 0.315 e. The molecule has 1 saturated carbocycles. The van der Waals surface area contributed by atoms with Crippen molar-refractivity contribution in [3.63, 3.8) is 0 Å². The Morgan fingerprint density at radius 3 is 2.41 bits per heavy atom. The van der Waals surface area contributed by atoms with Gasteiger partial charge in [-0.15, -0.1) is 0 Å². The predicted molar refractivity (Wildman–Crippen MR) is 72.9 cm³/mol. The molecule has 1 N–H and O–H groups in total. The maximum atomic E-state index is 12.4.